The first-order chi connectivity index (χ1) is 14.0. The lowest BCUT2D eigenvalue weighted by atomic mass is 9.96. The maximum absolute atomic E-state index is 14.8. The van der Waals surface area contributed by atoms with Gasteiger partial charge in [0.05, 0.1) is 6.04 Å². The van der Waals surface area contributed by atoms with Crippen LogP contribution in [0.1, 0.15) is 40.0 Å². The molecule has 1 aromatic carbocycles. The summed E-state index contributed by atoms with van der Waals surface area (Å²) in [7, 11) is 0. The van der Waals surface area contributed by atoms with Crippen LogP contribution in [0.2, 0.25) is 5.02 Å². The van der Waals surface area contributed by atoms with Crippen LogP contribution in [-0.2, 0) is 9.53 Å². The molecule has 0 spiro atoms. The summed E-state index contributed by atoms with van der Waals surface area (Å²) in [6.45, 7) is 6.06. The highest BCUT2D eigenvalue weighted by atomic mass is 35.5. The van der Waals surface area contributed by atoms with Crippen molar-refractivity contribution in [2.24, 2.45) is 0 Å². The van der Waals surface area contributed by atoms with Crippen LogP contribution >= 0.6 is 11.6 Å². The summed E-state index contributed by atoms with van der Waals surface area (Å²) in [5, 5.41) is 3.24. The van der Waals surface area contributed by atoms with Crippen molar-refractivity contribution in [1.29, 1.82) is 0 Å². The van der Waals surface area contributed by atoms with Crippen LogP contribution in [0, 0.1) is 5.82 Å². The van der Waals surface area contributed by atoms with Gasteiger partial charge in [-0.2, -0.15) is 0 Å². The zero-order valence-electron chi connectivity index (χ0n) is 17.5. The highest BCUT2D eigenvalue weighted by molar-refractivity contribution is 6.30. The van der Waals surface area contributed by atoms with E-state index in [1.54, 1.807) is 26.8 Å². The van der Waals surface area contributed by atoms with Crippen LogP contribution in [0.15, 0.2) is 18.2 Å². The highest BCUT2D eigenvalue weighted by Gasteiger charge is 2.41. The number of carbonyl (C=O) groups is 2. The van der Waals surface area contributed by atoms with E-state index in [9.17, 15) is 18.4 Å². The molecule has 2 saturated heterocycles. The lowest BCUT2D eigenvalue weighted by molar-refractivity contribution is -0.140. The number of nitrogens with one attached hydrogen (secondary N) is 1. The van der Waals surface area contributed by atoms with E-state index in [-0.39, 0.29) is 30.4 Å². The Labute approximate surface area is 180 Å². The maximum atomic E-state index is 14.8. The van der Waals surface area contributed by atoms with E-state index in [0.717, 1.165) is 0 Å². The quantitative estimate of drug-likeness (QED) is 0.759. The van der Waals surface area contributed by atoms with Gasteiger partial charge < -0.3 is 19.9 Å². The molecule has 2 aliphatic heterocycles. The number of halogens is 3. The number of hydrogen-bond donors (Lipinski definition) is 1. The Morgan fingerprint density at radius 3 is 2.63 bits per heavy atom. The van der Waals surface area contributed by atoms with Crippen LogP contribution in [0.3, 0.4) is 0 Å². The van der Waals surface area contributed by atoms with E-state index in [2.05, 4.69) is 5.32 Å². The number of nitrogens with zero attached hydrogens (tertiary/aromatic N) is 2. The minimum atomic E-state index is -1.23. The second-order valence-corrected chi connectivity index (χ2v) is 9.26. The number of benzene rings is 1. The van der Waals surface area contributed by atoms with Crippen LogP contribution < -0.4 is 5.32 Å². The number of likely N-dealkylation sites (tertiary alicyclic amines) is 2. The molecule has 2 fully saturated rings. The van der Waals surface area contributed by atoms with Crippen molar-refractivity contribution in [1.82, 2.24) is 9.80 Å². The molecule has 0 aromatic heterocycles. The summed E-state index contributed by atoms with van der Waals surface area (Å²) in [6, 6.07) is 2.64. The molecule has 0 radical (unpaired) electrons. The fourth-order valence-corrected chi connectivity index (χ4v) is 4.11. The van der Waals surface area contributed by atoms with Crippen molar-refractivity contribution >= 4 is 29.3 Å². The molecule has 0 saturated carbocycles. The summed E-state index contributed by atoms with van der Waals surface area (Å²) in [4.78, 5) is 28.5. The van der Waals surface area contributed by atoms with Gasteiger partial charge in [0.15, 0.2) is 0 Å². The molecule has 2 amide bonds. The molecule has 3 rings (SSSR count). The first kappa shape index (κ1) is 22.6. The fraction of sp³-hybridized carbons (Fsp3) is 0.619. The summed E-state index contributed by atoms with van der Waals surface area (Å²) in [5.41, 5.74) is -0.252. The number of anilines is 1. The third-order valence-electron chi connectivity index (χ3n) is 5.23. The van der Waals surface area contributed by atoms with Gasteiger partial charge in [-0.3, -0.25) is 4.79 Å². The summed E-state index contributed by atoms with van der Waals surface area (Å²) >= 11 is 5.89. The van der Waals surface area contributed by atoms with Gasteiger partial charge in [0.25, 0.3) is 0 Å². The minimum absolute atomic E-state index is 0.0837. The Morgan fingerprint density at radius 1 is 1.23 bits per heavy atom. The molecule has 1 N–H and O–H groups in total. The maximum Gasteiger partial charge on any atom is 0.410 e. The van der Waals surface area contributed by atoms with Crippen LogP contribution in [0.5, 0.6) is 0 Å². The molecule has 166 valence electrons. The number of alkyl halides is 1. The average Bonchev–Trinajstić information content (AvgIpc) is 2.62. The lowest BCUT2D eigenvalue weighted by Gasteiger charge is -2.44. The van der Waals surface area contributed by atoms with Crippen molar-refractivity contribution in [3.63, 3.8) is 0 Å². The van der Waals surface area contributed by atoms with Gasteiger partial charge in [-0.15, -0.1) is 0 Å². The molecule has 30 heavy (non-hydrogen) atoms. The van der Waals surface area contributed by atoms with Gasteiger partial charge in [-0.1, -0.05) is 11.6 Å². The fourth-order valence-electron chi connectivity index (χ4n) is 3.89. The van der Waals surface area contributed by atoms with Crippen LogP contribution in [0.25, 0.3) is 0 Å². The van der Waals surface area contributed by atoms with Crippen molar-refractivity contribution in [3.05, 3.63) is 29.0 Å². The minimum Gasteiger partial charge on any atom is -0.444 e. The van der Waals surface area contributed by atoms with Gasteiger partial charge in [0.1, 0.15) is 23.6 Å². The Bertz CT molecular complexity index is 782. The Morgan fingerprint density at radius 2 is 1.97 bits per heavy atom. The Hall–Kier alpha value is -2.09. The van der Waals surface area contributed by atoms with Gasteiger partial charge in [-0.25, -0.2) is 13.6 Å². The second-order valence-electron chi connectivity index (χ2n) is 8.83. The Balaban J connectivity index is 1.70. The number of piperidine rings is 2. The molecule has 0 bridgehead atoms. The third kappa shape index (κ3) is 5.53. The summed E-state index contributed by atoms with van der Waals surface area (Å²) in [6.07, 6.45) is -0.376. The standard InChI is InChI=1S/C21H28ClF2N3O3/c1-21(2,3)30-20(29)26-8-6-16(24)18(12-26)27-7-4-5-17(19(27)28)25-15-10-13(22)9-14(23)11-15/h9-11,16-18,25H,4-8,12H2,1-3H3/t16-,17+,18+/m0/s1. The van der Waals surface area contributed by atoms with Crippen molar-refractivity contribution in [2.45, 2.75) is 63.9 Å². The topological polar surface area (TPSA) is 61.9 Å². The molecular formula is C21H28ClF2N3O3. The SMILES string of the molecule is CC(C)(C)OC(=O)N1CC[C@H](F)[C@H](N2CCC[C@@H](Nc3cc(F)cc(Cl)c3)C2=O)C1. The second kappa shape index (κ2) is 8.96. The smallest absolute Gasteiger partial charge is 0.410 e. The first-order valence-electron chi connectivity index (χ1n) is 10.2. The molecule has 9 heteroatoms. The van der Waals surface area contributed by atoms with Crippen molar-refractivity contribution in [2.75, 3.05) is 25.0 Å². The number of rotatable bonds is 3. The molecule has 1 aromatic rings. The highest BCUT2D eigenvalue weighted by Crippen LogP contribution is 2.27. The van der Waals surface area contributed by atoms with Crippen molar-refractivity contribution in [3.8, 4) is 0 Å². The zero-order chi connectivity index (χ0) is 22.1. The number of hydrogen-bond acceptors (Lipinski definition) is 4. The van der Waals surface area contributed by atoms with Gasteiger partial charge in [0.2, 0.25) is 5.91 Å². The largest absolute Gasteiger partial charge is 0.444 e. The third-order valence-corrected chi connectivity index (χ3v) is 5.45. The van der Waals surface area contributed by atoms with Gasteiger partial charge in [-0.05, 0) is 58.2 Å². The van der Waals surface area contributed by atoms with Crippen LogP contribution in [0.4, 0.5) is 19.3 Å². The van der Waals surface area contributed by atoms with E-state index < -0.39 is 35.8 Å². The normalized spacial score (nSPS) is 25.3. The van der Waals surface area contributed by atoms with E-state index in [4.69, 9.17) is 16.3 Å². The first-order valence-corrected chi connectivity index (χ1v) is 10.6. The summed E-state index contributed by atoms with van der Waals surface area (Å²) in [5.74, 6) is -0.769. The Kier molecular flexibility index (Phi) is 6.75. The van der Waals surface area contributed by atoms with E-state index >= 15 is 0 Å². The number of ether oxygens (including phenoxy) is 1. The lowest BCUT2D eigenvalue weighted by Crippen LogP contribution is -2.61. The van der Waals surface area contributed by atoms with Gasteiger partial charge >= 0.3 is 6.09 Å². The average molecular weight is 444 g/mol. The van der Waals surface area contributed by atoms with Crippen LogP contribution in [-0.4, -0.2) is 65.3 Å². The van der Waals surface area contributed by atoms with E-state index in [0.29, 0.717) is 25.1 Å². The zero-order valence-corrected chi connectivity index (χ0v) is 18.2. The predicted octanol–water partition coefficient (Wildman–Crippen LogP) is 4.23. The molecule has 3 atom stereocenters. The van der Waals surface area contributed by atoms with Crippen molar-refractivity contribution < 1.29 is 23.1 Å². The number of carbonyl (C=O) groups excluding carboxylic acids is 2. The predicted molar refractivity (Wildman–Crippen MR) is 111 cm³/mol. The van der Waals surface area contributed by atoms with E-state index in [1.807, 2.05) is 0 Å². The molecule has 2 aliphatic rings. The van der Waals surface area contributed by atoms with E-state index in [1.165, 1.54) is 21.9 Å². The molecule has 2 heterocycles. The summed E-state index contributed by atoms with van der Waals surface area (Å²) < 4.78 is 33.8. The van der Waals surface area contributed by atoms with Gasteiger partial charge in [0, 0.05) is 30.3 Å². The molecule has 6 nitrogen and oxygen atoms in total. The monoisotopic (exact) mass is 443 g/mol. The molecule has 0 aliphatic carbocycles. The molecular weight excluding hydrogens is 416 g/mol. The number of amides is 2. The molecule has 0 unspecified atom stereocenters.